The predicted molar refractivity (Wildman–Crippen MR) is 68.3 cm³/mol. The number of hydrogen-bond acceptors (Lipinski definition) is 4. The second-order valence-corrected chi connectivity index (χ2v) is 4.81. The monoisotopic (exact) mass is 270 g/mol. The molecule has 0 heterocycles. The molecule has 0 aliphatic heterocycles. The standard InChI is InChI=1S/C12H15ClN2O3/c13-10-6-5-9(12(7-10)15(16)17)8-14-18-11-3-1-2-4-11/h5-7,11,14H,1-4,8H2. The molecule has 1 fully saturated rings. The van der Waals surface area contributed by atoms with Gasteiger partial charge in [-0.2, -0.15) is 5.48 Å². The Balaban J connectivity index is 1.93. The SMILES string of the molecule is O=[N+]([O-])c1cc(Cl)ccc1CNOC1CCCC1. The number of hydroxylamine groups is 1. The third kappa shape index (κ3) is 3.41. The van der Waals surface area contributed by atoms with Crippen LogP contribution in [0.15, 0.2) is 18.2 Å². The zero-order valence-electron chi connectivity index (χ0n) is 9.89. The maximum Gasteiger partial charge on any atom is 0.275 e. The smallest absolute Gasteiger partial charge is 0.275 e. The molecule has 1 aliphatic carbocycles. The summed E-state index contributed by atoms with van der Waals surface area (Å²) in [4.78, 5) is 15.9. The van der Waals surface area contributed by atoms with Gasteiger partial charge in [-0.05, 0) is 25.0 Å². The Bertz CT molecular complexity index is 433. The molecule has 1 N–H and O–H groups in total. The molecule has 1 aromatic rings. The maximum absolute atomic E-state index is 10.9. The van der Waals surface area contributed by atoms with Crippen LogP contribution < -0.4 is 5.48 Å². The highest BCUT2D eigenvalue weighted by Crippen LogP contribution is 2.24. The molecule has 0 amide bonds. The van der Waals surface area contributed by atoms with Crippen LogP contribution in [0.4, 0.5) is 5.69 Å². The van der Waals surface area contributed by atoms with Crippen molar-refractivity contribution in [1.29, 1.82) is 0 Å². The van der Waals surface area contributed by atoms with Crippen LogP contribution in [0.2, 0.25) is 5.02 Å². The fraction of sp³-hybridized carbons (Fsp3) is 0.500. The van der Waals surface area contributed by atoms with Gasteiger partial charge in [0.25, 0.3) is 5.69 Å². The topological polar surface area (TPSA) is 64.4 Å². The first-order chi connectivity index (χ1) is 8.66. The molecular weight excluding hydrogens is 256 g/mol. The molecule has 1 aliphatic rings. The number of rotatable bonds is 5. The lowest BCUT2D eigenvalue weighted by Crippen LogP contribution is -2.21. The van der Waals surface area contributed by atoms with Gasteiger partial charge in [0.05, 0.1) is 17.6 Å². The summed E-state index contributed by atoms with van der Waals surface area (Å²) in [6, 6.07) is 4.64. The number of nitro benzene ring substituents is 1. The van der Waals surface area contributed by atoms with Gasteiger partial charge in [-0.3, -0.25) is 15.0 Å². The summed E-state index contributed by atoms with van der Waals surface area (Å²) in [5.74, 6) is 0. The molecule has 18 heavy (non-hydrogen) atoms. The van der Waals surface area contributed by atoms with Crippen LogP contribution in [-0.4, -0.2) is 11.0 Å². The van der Waals surface area contributed by atoms with E-state index < -0.39 is 4.92 Å². The highest BCUT2D eigenvalue weighted by molar-refractivity contribution is 6.30. The zero-order chi connectivity index (χ0) is 13.0. The van der Waals surface area contributed by atoms with E-state index in [-0.39, 0.29) is 11.8 Å². The molecule has 0 radical (unpaired) electrons. The van der Waals surface area contributed by atoms with Crippen LogP contribution >= 0.6 is 11.6 Å². The average Bonchev–Trinajstić information content (AvgIpc) is 2.84. The summed E-state index contributed by atoms with van der Waals surface area (Å²) < 4.78 is 0. The fourth-order valence-electron chi connectivity index (χ4n) is 2.10. The Labute approximate surface area is 110 Å². The van der Waals surface area contributed by atoms with Gasteiger partial charge in [0.1, 0.15) is 0 Å². The van der Waals surface area contributed by atoms with E-state index in [2.05, 4.69) is 5.48 Å². The Hall–Kier alpha value is -1.17. The molecule has 6 heteroatoms. The van der Waals surface area contributed by atoms with E-state index in [0.29, 0.717) is 17.1 Å². The molecule has 0 spiro atoms. The van der Waals surface area contributed by atoms with Crippen molar-refractivity contribution in [3.63, 3.8) is 0 Å². The van der Waals surface area contributed by atoms with Gasteiger partial charge in [0.2, 0.25) is 0 Å². The summed E-state index contributed by atoms with van der Waals surface area (Å²) in [6.45, 7) is 0.310. The quantitative estimate of drug-likeness (QED) is 0.659. The van der Waals surface area contributed by atoms with E-state index in [1.54, 1.807) is 12.1 Å². The predicted octanol–water partition coefficient (Wildman–Crippen LogP) is 3.21. The second-order valence-electron chi connectivity index (χ2n) is 4.38. The summed E-state index contributed by atoms with van der Waals surface area (Å²) in [7, 11) is 0. The number of nitrogens with zero attached hydrogens (tertiary/aromatic N) is 1. The van der Waals surface area contributed by atoms with Gasteiger partial charge >= 0.3 is 0 Å². The highest BCUT2D eigenvalue weighted by Gasteiger charge is 2.17. The minimum Gasteiger partial charge on any atom is -0.298 e. The van der Waals surface area contributed by atoms with Crippen molar-refractivity contribution >= 4 is 17.3 Å². The first-order valence-corrected chi connectivity index (χ1v) is 6.36. The van der Waals surface area contributed by atoms with Crippen molar-refractivity contribution in [1.82, 2.24) is 5.48 Å². The van der Waals surface area contributed by atoms with Crippen molar-refractivity contribution in [2.45, 2.75) is 38.3 Å². The molecule has 0 atom stereocenters. The van der Waals surface area contributed by atoms with E-state index in [1.807, 2.05) is 0 Å². The fourth-order valence-corrected chi connectivity index (χ4v) is 2.27. The maximum atomic E-state index is 10.9. The Morgan fingerprint density at radius 2 is 2.17 bits per heavy atom. The van der Waals surface area contributed by atoms with Crippen LogP contribution in [0.5, 0.6) is 0 Å². The first kappa shape index (κ1) is 13.3. The number of benzene rings is 1. The van der Waals surface area contributed by atoms with Crippen LogP contribution in [0.25, 0.3) is 0 Å². The summed E-state index contributed by atoms with van der Waals surface area (Å²) >= 11 is 5.74. The van der Waals surface area contributed by atoms with Gasteiger partial charge in [0.15, 0.2) is 0 Å². The van der Waals surface area contributed by atoms with Gasteiger partial charge in [-0.15, -0.1) is 0 Å². The second kappa shape index (κ2) is 6.13. The molecule has 0 unspecified atom stereocenters. The molecule has 0 aromatic heterocycles. The number of hydrogen-bond donors (Lipinski definition) is 1. The van der Waals surface area contributed by atoms with Gasteiger partial charge < -0.3 is 0 Å². The minimum atomic E-state index is -0.432. The van der Waals surface area contributed by atoms with E-state index in [9.17, 15) is 10.1 Å². The van der Waals surface area contributed by atoms with Gasteiger partial charge in [0, 0.05) is 16.7 Å². The average molecular weight is 271 g/mol. The van der Waals surface area contributed by atoms with E-state index in [4.69, 9.17) is 16.4 Å². The van der Waals surface area contributed by atoms with Crippen molar-refractivity contribution in [3.05, 3.63) is 38.9 Å². The normalized spacial score (nSPS) is 16.1. The van der Waals surface area contributed by atoms with Gasteiger partial charge in [-0.25, -0.2) is 0 Å². The molecule has 0 saturated heterocycles. The van der Waals surface area contributed by atoms with E-state index in [1.165, 1.54) is 18.9 Å². The van der Waals surface area contributed by atoms with Crippen molar-refractivity contribution in [3.8, 4) is 0 Å². The summed E-state index contributed by atoms with van der Waals surface area (Å²) in [5, 5.41) is 11.2. The molecule has 1 aromatic carbocycles. The number of nitrogens with one attached hydrogen (secondary N) is 1. The van der Waals surface area contributed by atoms with Crippen molar-refractivity contribution in [2.24, 2.45) is 0 Å². The van der Waals surface area contributed by atoms with Crippen LogP contribution in [-0.2, 0) is 11.4 Å². The summed E-state index contributed by atoms with van der Waals surface area (Å²) in [5.41, 5.74) is 3.40. The van der Waals surface area contributed by atoms with E-state index in [0.717, 1.165) is 12.8 Å². The Morgan fingerprint density at radius 3 is 2.83 bits per heavy atom. The first-order valence-electron chi connectivity index (χ1n) is 5.98. The van der Waals surface area contributed by atoms with Gasteiger partial charge in [-0.1, -0.05) is 24.4 Å². The van der Waals surface area contributed by atoms with Crippen molar-refractivity contribution in [2.75, 3.05) is 0 Å². The number of nitro groups is 1. The van der Waals surface area contributed by atoms with Crippen LogP contribution in [0.1, 0.15) is 31.2 Å². The van der Waals surface area contributed by atoms with E-state index >= 15 is 0 Å². The Morgan fingerprint density at radius 1 is 1.44 bits per heavy atom. The third-order valence-corrected chi connectivity index (χ3v) is 3.29. The minimum absolute atomic E-state index is 0.0185. The summed E-state index contributed by atoms with van der Waals surface area (Å²) in [6.07, 6.45) is 4.71. The van der Waals surface area contributed by atoms with Crippen LogP contribution in [0, 0.1) is 10.1 Å². The Kier molecular flexibility index (Phi) is 4.52. The molecule has 1 saturated carbocycles. The lowest BCUT2D eigenvalue weighted by atomic mass is 10.2. The number of halogens is 1. The van der Waals surface area contributed by atoms with Crippen LogP contribution in [0.3, 0.4) is 0 Å². The third-order valence-electron chi connectivity index (χ3n) is 3.06. The highest BCUT2D eigenvalue weighted by atomic mass is 35.5. The molecular formula is C12H15ClN2O3. The van der Waals surface area contributed by atoms with Crippen molar-refractivity contribution < 1.29 is 9.76 Å². The molecule has 2 rings (SSSR count). The molecule has 0 bridgehead atoms. The lowest BCUT2D eigenvalue weighted by molar-refractivity contribution is -0.385. The largest absolute Gasteiger partial charge is 0.298 e. The molecule has 98 valence electrons. The lowest BCUT2D eigenvalue weighted by Gasteiger charge is -2.11. The molecule has 5 nitrogen and oxygen atoms in total. The zero-order valence-corrected chi connectivity index (χ0v) is 10.7.